The van der Waals surface area contributed by atoms with E-state index in [1.165, 1.54) is 4.90 Å². The highest BCUT2D eigenvalue weighted by molar-refractivity contribution is 5.90. The number of rotatable bonds is 3. The number of methoxy groups -OCH3 is 1. The van der Waals surface area contributed by atoms with Gasteiger partial charge in [-0.3, -0.25) is 4.90 Å². The first-order valence-electron chi connectivity index (χ1n) is 5.85. The lowest BCUT2D eigenvalue weighted by Gasteiger charge is -2.32. The summed E-state index contributed by atoms with van der Waals surface area (Å²) in [5, 5.41) is 9.17. The maximum atomic E-state index is 11.8. The van der Waals surface area contributed by atoms with Crippen molar-refractivity contribution in [2.24, 2.45) is 5.92 Å². The van der Waals surface area contributed by atoms with E-state index in [4.69, 9.17) is 9.47 Å². The van der Waals surface area contributed by atoms with Crippen LogP contribution in [0.1, 0.15) is 5.56 Å². The Morgan fingerprint density at radius 1 is 1.56 bits per heavy atom. The molecule has 1 aliphatic heterocycles. The molecule has 0 bridgehead atoms. The van der Waals surface area contributed by atoms with E-state index in [0.29, 0.717) is 18.0 Å². The van der Waals surface area contributed by atoms with Gasteiger partial charge in [0.15, 0.2) is 0 Å². The summed E-state index contributed by atoms with van der Waals surface area (Å²) in [7, 11) is 1.56. The van der Waals surface area contributed by atoms with Crippen LogP contribution in [0.5, 0.6) is 5.75 Å². The number of nitrogens with zero attached hydrogens (tertiary/aromatic N) is 1. The first-order chi connectivity index (χ1) is 8.65. The molecule has 1 aromatic rings. The van der Waals surface area contributed by atoms with Gasteiger partial charge in [-0.25, -0.2) is 4.79 Å². The molecule has 98 valence electrons. The smallest absolute Gasteiger partial charge is 0.414 e. The average molecular weight is 251 g/mol. The maximum absolute atomic E-state index is 11.8. The third-order valence-electron chi connectivity index (χ3n) is 2.99. The molecule has 0 spiro atoms. The average Bonchev–Trinajstić information content (AvgIpc) is 2.39. The summed E-state index contributed by atoms with van der Waals surface area (Å²) >= 11 is 0. The molecule has 0 aliphatic carbocycles. The number of ether oxygens (including phenoxy) is 2. The Morgan fingerprint density at radius 2 is 2.33 bits per heavy atom. The van der Waals surface area contributed by atoms with Crippen LogP contribution in [0.25, 0.3) is 0 Å². The summed E-state index contributed by atoms with van der Waals surface area (Å²) < 4.78 is 10.3. The Morgan fingerprint density at radius 3 is 3.00 bits per heavy atom. The van der Waals surface area contributed by atoms with Crippen molar-refractivity contribution in [3.63, 3.8) is 0 Å². The third-order valence-corrected chi connectivity index (χ3v) is 2.99. The van der Waals surface area contributed by atoms with Gasteiger partial charge in [0, 0.05) is 12.5 Å². The van der Waals surface area contributed by atoms with Crippen LogP contribution in [-0.4, -0.2) is 38.1 Å². The second-order valence-electron chi connectivity index (χ2n) is 4.41. The van der Waals surface area contributed by atoms with Gasteiger partial charge in [-0.2, -0.15) is 0 Å². The second kappa shape index (κ2) is 5.27. The molecule has 0 saturated carbocycles. The van der Waals surface area contributed by atoms with E-state index >= 15 is 0 Å². The largest absolute Gasteiger partial charge is 0.495 e. The van der Waals surface area contributed by atoms with Crippen LogP contribution in [0.2, 0.25) is 0 Å². The first-order valence-corrected chi connectivity index (χ1v) is 5.85. The topological polar surface area (TPSA) is 59.0 Å². The van der Waals surface area contributed by atoms with Crippen molar-refractivity contribution >= 4 is 11.8 Å². The Labute approximate surface area is 106 Å². The van der Waals surface area contributed by atoms with Crippen molar-refractivity contribution in [2.75, 3.05) is 31.8 Å². The summed E-state index contributed by atoms with van der Waals surface area (Å²) in [5.41, 5.74) is 1.71. The van der Waals surface area contributed by atoms with Crippen LogP contribution in [0.3, 0.4) is 0 Å². The number of hydrogen-bond donors (Lipinski definition) is 1. The van der Waals surface area contributed by atoms with Crippen molar-refractivity contribution in [2.45, 2.75) is 6.92 Å². The molecule has 1 saturated heterocycles. The molecule has 18 heavy (non-hydrogen) atoms. The molecule has 1 unspecified atom stereocenters. The van der Waals surface area contributed by atoms with Gasteiger partial charge in [-0.15, -0.1) is 0 Å². The van der Waals surface area contributed by atoms with Gasteiger partial charge in [0.1, 0.15) is 5.75 Å². The quantitative estimate of drug-likeness (QED) is 0.885. The summed E-state index contributed by atoms with van der Waals surface area (Å²) in [6, 6.07) is 5.61. The lowest BCUT2D eigenvalue weighted by atomic mass is 10.1. The summed E-state index contributed by atoms with van der Waals surface area (Å²) in [4.78, 5) is 13.3. The number of carbonyl (C=O) groups excluding carboxylic acids is 1. The fraction of sp³-hybridized carbons (Fsp3) is 0.462. The molecule has 1 N–H and O–H groups in total. The van der Waals surface area contributed by atoms with Gasteiger partial charge in [-0.05, 0) is 24.6 Å². The van der Waals surface area contributed by atoms with Gasteiger partial charge in [0.05, 0.1) is 26.0 Å². The SMILES string of the molecule is COc1ccc(C)cc1N1CC(CO)COC1=O. The predicted octanol–water partition coefficient (Wildman–Crippen LogP) is 1.57. The van der Waals surface area contributed by atoms with Gasteiger partial charge >= 0.3 is 6.09 Å². The highest BCUT2D eigenvalue weighted by Gasteiger charge is 2.29. The molecule has 0 radical (unpaired) electrons. The van der Waals surface area contributed by atoms with Crippen LogP contribution in [0.15, 0.2) is 18.2 Å². The van der Waals surface area contributed by atoms with Crippen LogP contribution < -0.4 is 9.64 Å². The van der Waals surface area contributed by atoms with Crippen LogP contribution in [-0.2, 0) is 4.74 Å². The molecular weight excluding hydrogens is 234 g/mol. The number of amides is 1. The number of hydrogen-bond acceptors (Lipinski definition) is 4. The van der Waals surface area contributed by atoms with Gasteiger partial charge < -0.3 is 14.6 Å². The summed E-state index contributed by atoms with van der Waals surface area (Å²) in [5.74, 6) is 0.559. The van der Waals surface area contributed by atoms with Crippen molar-refractivity contribution < 1.29 is 19.4 Å². The van der Waals surface area contributed by atoms with Crippen molar-refractivity contribution in [3.8, 4) is 5.75 Å². The van der Waals surface area contributed by atoms with Gasteiger partial charge in [0.2, 0.25) is 0 Å². The van der Waals surface area contributed by atoms with Crippen molar-refractivity contribution in [1.29, 1.82) is 0 Å². The number of carbonyl (C=O) groups is 1. The van der Waals surface area contributed by atoms with E-state index in [1.54, 1.807) is 7.11 Å². The zero-order chi connectivity index (χ0) is 13.1. The molecule has 5 nitrogen and oxygen atoms in total. The van der Waals surface area contributed by atoms with Crippen molar-refractivity contribution in [1.82, 2.24) is 0 Å². The Balaban J connectivity index is 2.33. The minimum absolute atomic E-state index is 0.00207. The van der Waals surface area contributed by atoms with E-state index < -0.39 is 6.09 Å². The predicted molar refractivity (Wildman–Crippen MR) is 67.0 cm³/mol. The van der Waals surface area contributed by atoms with Crippen LogP contribution in [0.4, 0.5) is 10.5 Å². The first kappa shape index (κ1) is 12.7. The molecule has 1 amide bonds. The van der Waals surface area contributed by atoms with Crippen molar-refractivity contribution in [3.05, 3.63) is 23.8 Å². The van der Waals surface area contributed by atoms with E-state index in [9.17, 15) is 9.90 Å². The standard InChI is InChI=1S/C13H17NO4/c1-9-3-4-12(17-2)11(5-9)14-6-10(7-15)8-18-13(14)16/h3-5,10,15H,6-8H2,1-2H3. The lowest BCUT2D eigenvalue weighted by Crippen LogP contribution is -2.44. The molecule has 5 heteroatoms. The van der Waals surface area contributed by atoms with E-state index in [1.807, 2.05) is 25.1 Å². The second-order valence-corrected chi connectivity index (χ2v) is 4.41. The zero-order valence-corrected chi connectivity index (χ0v) is 10.5. The minimum Gasteiger partial charge on any atom is -0.495 e. The molecule has 1 aromatic carbocycles. The Bertz CT molecular complexity index is 447. The highest BCUT2D eigenvalue weighted by Crippen LogP contribution is 2.31. The molecular formula is C13H17NO4. The molecule has 1 atom stereocenters. The highest BCUT2D eigenvalue weighted by atomic mass is 16.6. The molecule has 1 aliphatic rings. The number of aliphatic hydroxyl groups is 1. The van der Waals surface area contributed by atoms with E-state index in [-0.39, 0.29) is 19.1 Å². The fourth-order valence-electron chi connectivity index (χ4n) is 1.97. The van der Waals surface area contributed by atoms with E-state index in [2.05, 4.69) is 0 Å². The number of cyclic esters (lactones) is 1. The number of aryl methyl sites for hydroxylation is 1. The third kappa shape index (κ3) is 2.41. The lowest BCUT2D eigenvalue weighted by molar-refractivity contribution is 0.0898. The number of aliphatic hydroxyl groups excluding tert-OH is 1. The van der Waals surface area contributed by atoms with E-state index in [0.717, 1.165) is 5.56 Å². The Hall–Kier alpha value is -1.75. The summed E-state index contributed by atoms with van der Waals surface area (Å²) in [6.45, 7) is 2.65. The van der Waals surface area contributed by atoms with Crippen LogP contribution in [0, 0.1) is 12.8 Å². The number of benzene rings is 1. The monoisotopic (exact) mass is 251 g/mol. The van der Waals surface area contributed by atoms with Crippen LogP contribution >= 0.6 is 0 Å². The van der Waals surface area contributed by atoms with Gasteiger partial charge in [-0.1, -0.05) is 6.07 Å². The summed E-state index contributed by atoms with van der Waals surface area (Å²) in [6.07, 6.45) is -0.399. The fourth-order valence-corrected chi connectivity index (χ4v) is 1.97. The van der Waals surface area contributed by atoms with Gasteiger partial charge in [0.25, 0.3) is 0 Å². The normalized spacial score (nSPS) is 19.6. The maximum Gasteiger partial charge on any atom is 0.414 e. The molecule has 1 heterocycles. The number of anilines is 1. The molecule has 2 rings (SSSR count). The zero-order valence-electron chi connectivity index (χ0n) is 10.5. The molecule has 0 aromatic heterocycles. The minimum atomic E-state index is -0.399. The molecule has 1 fully saturated rings. The Kier molecular flexibility index (Phi) is 3.72.